The van der Waals surface area contributed by atoms with Crippen LogP contribution >= 0.6 is 11.8 Å². The van der Waals surface area contributed by atoms with Crippen LogP contribution in [-0.2, 0) is 11.2 Å². The van der Waals surface area contributed by atoms with E-state index in [1.54, 1.807) is 7.11 Å². The minimum atomic E-state index is -0.157. The number of amides is 1. The third kappa shape index (κ3) is 4.84. The lowest BCUT2D eigenvalue weighted by Gasteiger charge is -2.07. The molecule has 2 aromatic carbocycles. The molecule has 0 unspecified atom stereocenters. The Morgan fingerprint density at radius 1 is 1.21 bits per heavy atom. The van der Waals surface area contributed by atoms with Gasteiger partial charge in [0.15, 0.2) is 5.17 Å². The molecule has 1 amide bonds. The Morgan fingerprint density at radius 3 is 2.68 bits per heavy atom. The van der Waals surface area contributed by atoms with Crippen LogP contribution in [0.5, 0.6) is 11.5 Å². The first-order chi connectivity index (χ1) is 13.6. The van der Waals surface area contributed by atoms with E-state index in [9.17, 15) is 4.79 Å². The number of ether oxygens (including phenoxy) is 2. The van der Waals surface area contributed by atoms with Gasteiger partial charge in [-0.25, -0.2) is 4.99 Å². The Hall–Kier alpha value is -2.99. The Morgan fingerprint density at radius 2 is 2.00 bits per heavy atom. The van der Waals surface area contributed by atoms with Crippen molar-refractivity contribution in [3.05, 3.63) is 71.2 Å². The lowest BCUT2D eigenvalue weighted by atomic mass is 10.1. The molecule has 3 rings (SSSR count). The first kappa shape index (κ1) is 19.8. The first-order valence-corrected chi connectivity index (χ1v) is 9.75. The van der Waals surface area contributed by atoms with E-state index in [1.165, 1.54) is 11.8 Å². The van der Waals surface area contributed by atoms with E-state index in [2.05, 4.69) is 16.9 Å². The molecule has 1 fully saturated rings. The second kappa shape index (κ2) is 9.28. The first-order valence-electron chi connectivity index (χ1n) is 8.93. The highest BCUT2D eigenvalue weighted by molar-refractivity contribution is 8.18. The average Bonchev–Trinajstić information content (AvgIpc) is 3.03. The van der Waals surface area contributed by atoms with Gasteiger partial charge in [-0.2, -0.15) is 0 Å². The predicted molar refractivity (Wildman–Crippen MR) is 115 cm³/mol. The zero-order valence-electron chi connectivity index (χ0n) is 15.9. The average molecular weight is 394 g/mol. The number of thioether (sulfide) groups is 1. The summed E-state index contributed by atoms with van der Waals surface area (Å²) in [5.41, 5.74) is 2.71. The number of rotatable bonds is 7. The fourth-order valence-electron chi connectivity index (χ4n) is 2.74. The molecule has 0 bridgehead atoms. The van der Waals surface area contributed by atoms with Gasteiger partial charge in [0.1, 0.15) is 11.5 Å². The number of aliphatic imine (C=N–C) groups is 1. The van der Waals surface area contributed by atoms with E-state index >= 15 is 0 Å². The zero-order chi connectivity index (χ0) is 19.9. The summed E-state index contributed by atoms with van der Waals surface area (Å²) < 4.78 is 10.8. The number of hydrogen-bond acceptors (Lipinski definition) is 5. The number of hydrogen-bond donors (Lipinski definition) is 1. The highest BCUT2D eigenvalue weighted by Gasteiger charge is 2.23. The van der Waals surface area contributed by atoms with Crippen LogP contribution in [0.1, 0.15) is 18.1 Å². The van der Waals surface area contributed by atoms with Gasteiger partial charge in [0.05, 0.1) is 24.3 Å². The van der Waals surface area contributed by atoms with Crippen LogP contribution < -0.4 is 14.8 Å². The van der Waals surface area contributed by atoms with E-state index in [1.807, 2.05) is 61.5 Å². The molecule has 1 saturated heterocycles. The van der Waals surface area contributed by atoms with E-state index in [-0.39, 0.29) is 5.91 Å². The largest absolute Gasteiger partial charge is 0.496 e. The Labute approximate surface area is 169 Å². The van der Waals surface area contributed by atoms with Gasteiger partial charge in [-0.15, -0.1) is 6.58 Å². The molecule has 1 aliphatic rings. The summed E-state index contributed by atoms with van der Waals surface area (Å²) >= 11 is 1.32. The standard InChI is InChI=1S/C22H22N2O3S/c1-4-6-16-13-15(7-12-19(16)26-3)14-20-21(25)24-22(28-20)23-17-8-10-18(11-9-17)27-5-2/h4,7-14H,1,5-6H2,2-3H3,(H,23,24,25)/b20-14-. The highest BCUT2D eigenvalue weighted by atomic mass is 32.2. The third-order valence-corrected chi connectivity index (χ3v) is 4.91. The number of benzene rings is 2. The number of methoxy groups -OCH3 is 1. The molecule has 0 atom stereocenters. The van der Waals surface area contributed by atoms with Gasteiger partial charge in [0, 0.05) is 0 Å². The molecule has 144 valence electrons. The summed E-state index contributed by atoms with van der Waals surface area (Å²) in [6, 6.07) is 13.3. The van der Waals surface area contributed by atoms with Crippen molar-refractivity contribution in [2.75, 3.05) is 13.7 Å². The molecule has 5 nitrogen and oxygen atoms in total. The summed E-state index contributed by atoms with van der Waals surface area (Å²) in [5.74, 6) is 1.45. The fraction of sp³-hybridized carbons (Fsp3) is 0.182. The summed E-state index contributed by atoms with van der Waals surface area (Å²) in [6.45, 7) is 6.34. The van der Waals surface area contributed by atoms with E-state index < -0.39 is 0 Å². The van der Waals surface area contributed by atoms with Crippen molar-refractivity contribution >= 4 is 34.6 Å². The van der Waals surface area contributed by atoms with Gasteiger partial charge in [-0.1, -0.05) is 12.1 Å². The quantitative estimate of drug-likeness (QED) is 0.546. The van der Waals surface area contributed by atoms with Gasteiger partial charge in [-0.05, 0) is 78.7 Å². The Bertz CT molecular complexity index is 933. The number of carbonyl (C=O) groups excluding carboxylic acids is 1. The summed E-state index contributed by atoms with van der Waals surface area (Å²) in [5, 5.41) is 3.36. The van der Waals surface area contributed by atoms with Crippen LogP contribution in [0.3, 0.4) is 0 Å². The molecule has 1 N–H and O–H groups in total. The molecule has 0 aliphatic carbocycles. The lowest BCUT2D eigenvalue weighted by molar-refractivity contribution is -0.115. The van der Waals surface area contributed by atoms with Gasteiger partial charge in [-0.3, -0.25) is 4.79 Å². The van der Waals surface area contributed by atoms with E-state index in [0.717, 1.165) is 28.3 Å². The van der Waals surface area contributed by atoms with Crippen molar-refractivity contribution < 1.29 is 14.3 Å². The van der Waals surface area contributed by atoms with Crippen molar-refractivity contribution in [1.29, 1.82) is 0 Å². The van der Waals surface area contributed by atoms with Gasteiger partial charge in [0.2, 0.25) is 0 Å². The maximum Gasteiger partial charge on any atom is 0.264 e. The number of nitrogens with one attached hydrogen (secondary N) is 1. The molecule has 6 heteroatoms. The van der Waals surface area contributed by atoms with Crippen molar-refractivity contribution in [2.24, 2.45) is 4.99 Å². The smallest absolute Gasteiger partial charge is 0.264 e. The van der Waals surface area contributed by atoms with Crippen LogP contribution in [0.4, 0.5) is 5.69 Å². The van der Waals surface area contributed by atoms with Crippen molar-refractivity contribution in [3.8, 4) is 11.5 Å². The van der Waals surface area contributed by atoms with Crippen LogP contribution in [0.25, 0.3) is 6.08 Å². The maximum atomic E-state index is 12.3. The molecular formula is C22H22N2O3S. The highest BCUT2D eigenvalue weighted by Crippen LogP contribution is 2.30. The van der Waals surface area contributed by atoms with Crippen LogP contribution in [0.15, 0.2) is 65.0 Å². The Kier molecular flexibility index (Phi) is 6.55. The molecule has 2 aromatic rings. The molecule has 0 saturated carbocycles. The summed E-state index contributed by atoms with van der Waals surface area (Å²) in [7, 11) is 1.64. The van der Waals surface area contributed by atoms with Gasteiger partial charge < -0.3 is 14.8 Å². The van der Waals surface area contributed by atoms with Crippen LogP contribution in [-0.4, -0.2) is 24.8 Å². The van der Waals surface area contributed by atoms with Gasteiger partial charge in [0.25, 0.3) is 5.91 Å². The molecule has 0 spiro atoms. The maximum absolute atomic E-state index is 12.3. The predicted octanol–water partition coefficient (Wildman–Crippen LogP) is 4.71. The lowest BCUT2D eigenvalue weighted by Crippen LogP contribution is -2.19. The minimum Gasteiger partial charge on any atom is -0.496 e. The molecule has 28 heavy (non-hydrogen) atoms. The SMILES string of the molecule is C=CCc1cc(/C=C2\SC(=Nc3ccc(OCC)cc3)NC2=O)ccc1OC. The van der Waals surface area contributed by atoms with E-state index in [4.69, 9.17) is 9.47 Å². The molecule has 1 aliphatic heterocycles. The molecule has 0 aromatic heterocycles. The number of amidine groups is 1. The summed E-state index contributed by atoms with van der Waals surface area (Å²) in [6.07, 6.45) is 4.38. The second-order valence-corrected chi connectivity index (χ2v) is 7.00. The van der Waals surface area contributed by atoms with Crippen LogP contribution in [0.2, 0.25) is 0 Å². The topological polar surface area (TPSA) is 59.9 Å². The minimum absolute atomic E-state index is 0.157. The van der Waals surface area contributed by atoms with E-state index in [0.29, 0.717) is 23.1 Å². The normalized spacial score (nSPS) is 16.3. The number of allylic oxidation sites excluding steroid dienone is 1. The Balaban J connectivity index is 1.78. The molecule has 1 heterocycles. The van der Waals surface area contributed by atoms with Crippen molar-refractivity contribution in [2.45, 2.75) is 13.3 Å². The molecule has 0 radical (unpaired) electrons. The van der Waals surface area contributed by atoms with Crippen molar-refractivity contribution in [1.82, 2.24) is 5.32 Å². The number of nitrogens with zero attached hydrogens (tertiary/aromatic N) is 1. The number of carbonyl (C=O) groups is 1. The molecular weight excluding hydrogens is 372 g/mol. The third-order valence-electron chi connectivity index (χ3n) is 4.00. The van der Waals surface area contributed by atoms with Gasteiger partial charge >= 0.3 is 0 Å². The monoisotopic (exact) mass is 394 g/mol. The van der Waals surface area contributed by atoms with Crippen molar-refractivity contribution in [3.63, 3.8) is 0 Å². The second-order valence-electron chi connectivity index (χ2n) is 5.97. The summed E-state index contributed by atoms with van der Waals surface area (Å²) in [4.78, 5) is 17.4. The van der Waals surface area contributed by atoms with Crippen LogP contribution in [0, 0.1) is 0 Å². The fourth-order valence-corrected chi connectivity index (χ4v) is 3.58. The zero-order valence-corrected chi connectivity index (χ0v) is 16.7.